The SMILES string of the molecule is CN(C)C1CCC(N)(c2cccc3c2cc(C#CCNc2ccc(S(C)(=O)=O)cc2OCF)n3CC(F)(F)F)CC1. The van der Waals surface area contributed by atoms with Crippen LogP contribution in [-0.2, 0) is 21.9 Å². The molecule has 41 heavy (non-hydrogen) atoms. The minimum Gasteiger partial charge on any atom is -0.461 e. The number of halogens is 4. The predicted molar refractivity (Wildman–Crippen MR) is 151 cm³/mol. The van der Waals surface area contributed by atoms with Crippen LogP contribution in [0.25, 0.3) is 10.9 Å². The van der Waals surface area contributed by atoms with Gasteiger partial charge in [-0.25, -0.2) is 12.8 Å². The van der Waals surface area contributed by atoms with Crippen LogP contribution in [0.3, 0.4) is 0 Å². The molecule has 1 fully saturated rings. The zero-order chi connectivity index (χ0) is 30.0. The second kappa shape index (κ2) is 11.9. The monoisotopic (exact) mass is 594 g/mol. The first kappa shape index (κ1) is 30.7. The summed E-state index contributed by atoms with van der Waals surface area (Å²) in [6.07, 6.45) is -0.243. The Morgan fingerprint density at radius 1 is 1.17 bits per heavy atom. The molecule has 0 amide bonds. The zero-order valence-electron chi connectivity index (χ0n) is 23.2. The summed E-state index contributed by atoms with van der Waals surface area (Å²) in [4.78, 5) is 2.13. The molecule has 1 aromatic heterocycles. The van der Waals surface area contributed by atoms with Gasteiger partial charge in [0.05, 0.1) is 22.8 Å². The minimum atomic E-state index is -4.47. The fourth-order valence-electron chi connectivity index (χ4n) is 5.41. The molecule has 0 unspecified atom stereocenters. The molecule has 2 aromatic carbocycles. The number of nitrogens with zero attached hydrogens (tertiary/aromatic N) is 2. The van der Waals surface area contributed by atoms with E-state index in [0.717, 1.165) is 29.2 Å². The van der Waals surface area contributed by atoms with Crippen LogP contribution < -0.4 is 15.8 Å². The molecule has 3 aromatic rings. The van der Waals surface area contributed by atoms with Gasteiger partial charge in [-0.05, 0) is 75.5 Å². The average molecular weight is 595 g/mol. The molecule has 222 valence electrons. The highest BCUT2D eigenvalue weighted by molar-refractivity contribution is 7.90. The van der Waals surface area contributed by atoms with Crippen LogP contribution in [0.2, 0.25) is 0 Å². The fourth-order valence-corrected chi connectivity index (χ4v) is 6.04. The fraction of sp³-hybridized carbons (Fsp3) is 0.448. The predicted octanol–water partition coefficient (Wildman–Crippen LogP) is 5.03. The highest BCUT2D eigenvalue weighted by Crippen LogP contribution is 2.40. The second-order valence-corrected chi connectivity index (χ2v) is 12.7. The highest BCUT2D eigenvalue weighted by atomic mass is 32.2. The standard InChI is InChI=1S/C29H34F4N4O3S/c1-36(2)20-11-13-28(34,14-12-20)24-7-4-8-26-23(24)16-21(37(26)18-29(31,32)33)6-5-15-35-25-10-9-22(41(3,38)39)17-27(25)40-19-30/h4,7-10,16-17,20,35H,11-15,18-19,34H2,1-3H3. The lowest BCUT2D eigenvalue weighted by Gasteiger charge is -2.40. The van der Waals surface area contributed by atoms with Gasteiger partial charge in [-0.3, -0.25) is 0 Å². The molecule has 0 bridgehead atoms. The number of anilines is 1. The summed E-state index contributed by atoms with van der Waals surface area (Å²) in [5.74, 6) is 5.64. The largest absolute Gasteiger partial charge is 0.461 e. The lowest BCUT2D eigenvalue weighted by atomic mass is 9.74. The summed E-state index contributed by atoms with van der Waals surface area (Å²) < 4.78 is 83.5. The van der Waals surface area contributed by atoms with E-state index in [-0.39, 0.29) is 22.9 Å². The smallest absolute Gasteiger partial charge is 0.406 e. The summed E-state index contributed by atoms with van der Waals surface area (Å²) in [6.45, 7) is -2.40. The van der Waals surface area contributed by atoms with E-state index in [1.807, 2.05) is 20.2 Å². The lowest BCUT2D eigenvalue weighted by molar-refractivity contribution is -0.140. The van der Waals surface area contributed by atoms with Crippen molar-refractivity contribution < 1.29 is 30.7 Å². The van der Waals surface area contributed by atoms with Crippen LogP contribution in [0, 0.1) is 11.8 Å². The number of nitrogens with two attached hydrogens (primary N) is 1. The summed E-state index contributed by atoms with van der Waals surface area (Å²) in [5.41, 5.74) is 7.93. The normalized spacial score (nSPS) is 19.7. The minimum absolute atomic E-state index is 0.0198. The number of nitrogens with one attached hydrogen (secondary N) is 1. The van der Waals surface area contributed by atoms with E-state index >= 15 is 0 Å². The number of rotatable bonds is 8. The van der Waals surface area contributed by atoms with Gasteiger partial charge in [0.25, 0.3) is 0 Å². The summed E-state index contributed by atoms with van der Waals surface area (Å²) in [7, 11) is 0.525. The van der Waals surface area contributed by atoms with Crippen LogP contribution in [0.4, 0.5) is 23.2 Å². The number of benzene rings is 2. The molecule has 1 aliphatic carbocycles. The number of ether oxygens (including phenoxy) is 1. The Bertz CT molecular complexity index is 1560. The quantitative estimate of drug-likeness (QED) is 0.281. The molecule has 0 atom stereocenters. The van der Waals surface area contributed by atoms with Crippen molar-refractivity contribution in [1.29, 1.82) is 0 Å². The summed E-state index contributed by atoms with van der Waals surface area (Å²) in [6, 6.07) is 11.3. The van der Waals surface area contributed by atoms with E-state index in [0.29, 0.717) is 35.5 Å². The van der Waals surface area contributed by atoms with Crippen molar-refractivity contribution in [1.82, 2.24) is 9.47 Å². The van der Waals surface area contributed by atoms with Crippen LogP contribution in [-0.4, -0.2) is 63.9 Å². The number of alkyl halides is 4. The first-order chi connectivity index (χ1) is 19.2. The molecular weight excluding hydrogens is 560 g/mol. The molecule has 0 aliphatic heterocycles. The number of fused-ring (bicyclic) bond motifs is 1. The molecule has 1 aliphatic rings. The first-order valence-corrected chi connectivity index (χ1v) is 15.0. The van der Waals surface area contributed by atoms with E-state index in [4.69, 9.17) is 10.5 Å². The van der Waals surface area contributed by atoms with Gasteiger partial charge in [-0.2, -0.15) is 13.2 Å². The van der Waals surface area contributed by atoms with Crippen molar-refractivity contribution in [3.63, 3.8) is 0 Å². The van der Waals surface area contributed by atoms with Gasteiger partial charge in [0, 0.05) is 34.8 Å². The van der Waals surface area contributed by atoms with E-state index in [1.54, 1.807) is 18.2 Å². The molecular formula is C29H34F4N4O3S. The molecule has 3 N–H and O–H groups in total. The van der Waals surface area contributed by atoms with Gasteiger partial charge in [-0.1, -0.05) is 18.1 Å². The zero-order valence-corrected chi connectivity index (χ0v) is 24.0. The Morgan fingerprint density at radius 2 is 1.88 bits per heavy atom. The lowest BCUT2D eigenvalue weighted by Crippen LogP contribution is -2.44. The Balaban J connectivity index is 1.65. The Morgan fingerprint density at radius 3 is 2.49 bits per heavy atom. The number of sulfone groups is 1. The molecule has 4 rings (SSSR count). The molecule has 0 spiro atoms. The maximum Gasteiger partial charge on any atom is 0.406 e. The van der Waals surface area contributed by atoms with Gasteiger partial charge in [-0.15, -0.1) is 0 Å². The molecule has 0 radical (unpaired) electrons. The van der Waals surface area contributed by atoms with Crippen LogP contribution in [0.1, 0.15) is 36.9 Å². The third-order valence-corrected chi connectivity index (χ3v) is 8.68. The molecule has 1 saturated carbocycles. The van der Waals surface area contributed by atoms with Crippen molar-refractivity contribution in [3.05, 3.63) is 53.7 Å². The van der Waals surface area contributed by atoms with Crippen LogP contribution in [0.5, 0.6) is 5.75 Å². The van der Waals surface area contributed by atoms with E-state index in [1.165, 1.54) is 18.2 Å². The topological polar surface area (TPSA) is 89.6 Å². The van der Waals surface area contributed by atoms with Crippen molar-refractivity contribution in [2.75, 3.05) is 39.1 Å². The van der Waals surface area contributed by atoms with E-state index in [2.05, 4.69) is 22.1 Å². The summed E-state index contributed by atoms with van der Waals surface area (Å²) >= 11 is 0. The van der Waals surface area contributed by atoms with Gasteiger partial charge >= 0.3 is 6.18 Å². The highest BCUT2D eigenvalue weighted by Gasteiger charge is 2.36. The van der Waals surface area contributed by atoms with Gasteiger partial charge in [0.15, 0.2) is 9.84 Å². The van der Waals surface area contributed by atoms with Crippen molar-refractivity contribution in [2.45, 2.75) is 54.9 Å². The van der Waals surface area contributed by atoms with Crippen molar-refractivity contribution >= 4 is 26.4 Å². The van der Waals surface area contributed by atoms with Crippen LogP contribution in [0.15, 0.2) is 47.4 Å². The maximum atomic E-state index is 13.6. The van der Waals surface area contributed by atoms with Crippen LogP contribution >= 0.6 is 0 Å². The number of aromatic nitrogens is 1. The average Bonchev–Trinajstić information content (AvgIpc) is 3.22. The Hall–Kier alpha value is -3.27. The number of hydrogen-bond acceptors (Lipinski definition) is 6. The molecule has 0 saturated heterocycles. The van der Waals surface area contributed by atoms with E-state index in [9.17, 15) is 26.0 Å². The number of hydrogen-bond donors (Lipinski definition) is 2. The van der Waals surface area contributed by atoms with Gasteiger partial charge < -0.3 is 25.3 Å². The maximum absolute atomic E-state index is 13.6. The van der Waals surface area contributed by atoms with Gasteiger partial charge in [0.1, 0.15) is 12.3 Å². The third kappa shape index (κ3) is 7.15. The molecule has 1 heterocycles. The first-order valence-electron chi connectivity index (χ1n) is 13.1. The van der Waals surface area contributed by atoms with Crippen molar-refractivity contribution in [3.8, 4) is 17.6 Å². The van der Waals surface area contributed by atoms with E-state index < -0.39 is 35.0 Å². The molecule has 7 nitrogen and oxygen atoms in total. The Kier molecular flexibility index (Phi) is 8.92. The Labute approximate surface area is 237 Å². The summed E-state index contributed by atoms with van der Waals surface area (Å²) in [5, 5.41) is 3.56. The van der Waals surface area contributed by atoms with Gasteiger partial charge in [0.2, 0.25) is 6.86 Å². The third-order valence-electron chi connectivity index (χ3n) is 7.57. The van der Waals surface area contributed by atoms with Crippen molar-refractivity contribution in [2.24, 2.45) is 5.73 Å². The second-order valence-electron chi connectivity index (χ2n) is 10.7. The molecule has 12 heteroatoms.